The van der Waals surface area contributed by atoms with E-state index in [4.69, 9.17) is 9.72 Å². The number of hydrogen-bond acceptors (Lipinski definition) is 4. The topological polar surface area (TPSA) is 33.5 Å². The molecule has 0 saturated carbocycles. The number of rotatable bonds is 6. The van der Waals surface area contributed by atoms with E-state index in [1.807, 2.05) is 24.4 Å². The van der Waals surface area contributed by atoms with Crippen molar-refractivity contribution in [2.45, 2.75) is 92.4 Å². The second kappa shape index (κ2) is 15.9. The third-order valence-electron chi connectivity index (χ3n) is 11.8. The second-order valence-corrected chi connectivity index (χ2v) is 19.8. The summed E-state index contributed by atoms with van der Waals surface area (Å²) in [5.41, 5.74) is 14.9. The number of aromatic nitrogens is 2. The van der Waals surface area contributed by atoms with Crippen LogP contribution < -0.4 is 14.5 Å². The number of hydrogen-bond donors (Lipinski definition) is 0. The summed E-state index contributed by atoms with van der Waals surface area (Å²) in [5.74, 6) is 2.06. The Hall–Kier alpha value is -5.64. The maximum Gasteiger partial charge on any atom is 0.135 e. The molecule has 1 aliphatic rings. The van der Waals surface area contributed by atoms with Gasteiger partial charge in [0.15, 0.2) is 0 Å². The van der Waals surface area contributed by atoms with Crippen molar-refractivity contribution < 1.29 is 25.8 Å². The molecule has 5 nitrogen and oxygen atoms in total. The average Bonchev–Trinajstić information content (AvgIpc) is 3.75. The maximum absolute atomic E-state index is 6.68. The summed E-state index contributed by atoms with van der Waals surface area (Å²) in [7, 11) is 0. The van der Waals surface area contributed by atoms with Crippen molar-refractivity contribution in [3.05, 3.63) is 174 Å². The zero-order valence-electron chi connectivity index (χ0n) is 37.7. The molecule has 0 N–H and O–H groups in total. The van der Waals surface area contributed by atoms with Crippen molar-refractivity contribution in [3.63, 3.8) is 0 Å². The Bertz CT molecular complexity index is 2920. The van der Waals surface area contributed by atoms with Crippen molar-refractivity contribution in [1.82, 2.24) is 9.55 Å². The zero-order chi connectivity index (χ0) is 43.0. The Morgan fingerprint density at radius 3 is 1.85 bits per heavy atom. The molecule has 9 rings (SSSR count). The number of nitrogens with zero attached hydrogens (tertiary/aromatic N) is 4. The van der Waals surface area contributed by atoms with E-state index in [2.05, 4.69) is 212 Å². The Morgan fingerprint density at radius 1 is 0.548 bits per heavy atom. The third-order valence-corrected chi connectivity index (χ3v) is 11.8. The van der Waals surface area contributed by atoms with Crippen molar-refractivity contribution in [3.8, 4) is 28.4 Å². The molecule has 318 valence electrons. The summed E-state index contributed by atoms with van der Waals surface area (Å²) in [6.45, 7) is 26.9. The van der Waals surface area contributed by atoms with Crippen molar-refractivity contribution in [2.75, 3.05) is 9.80 Å². The first-order valence-electron chi connectivity index (χ1n) is 21.4. The van der Waals surface area contributed by atoms with Crippen LogP contribution in [0.3, 0.4) is 0 Å². The molecule has 0 radical (unpaired) electrons. The van der Waals surface area contributed by atoms with Gasteiger partial charge in [-0.2, -0.15) is 12.1 Å². The van der Waals surface area contributed by atoms with Crippen LogP contribution in [0.25, 0.3) is 38.8 Å². The number of para-hydroxylation sites is 2. The van der Waals surface area contributed by atoms with E-state index in [1.165, 1.54) is 38.9 Å². The molecule has 0 atom stereocenters. The smallest absolute Gasteiger partial charge is 0.135 e. The minimum atomic E-state index is -0.0400. The summed E-state index contributed by atoms with van der Waals surface area (Å²) in [5, 5.41) is 2.23. The molecular formula is C56H55N4OPt-3. The Labute approximate surface area is 382 Å². The second-order valence-electron chi connectivity index (χ2n) is 19.8. The van der Waals surface area contributed by atoms with Crippen LogP contribution >= 0.6 is 0 Å². The van der Waals surface area contributed by atoms with Gasteiger partial charge in [0.25, 0.3) is 0 Å². The van der Waals surface area contributed by atoms with Crippen LogP contribution in [0.2, 0.25) is 0 Å². The van der Waals surface area contributed by atoms with E-state index in [0.717, 1.165) is 50.4 Å². The van der Waals surface area contributed by atoms with Gasteiger partial charge in [-0.15, -0.1) is 48.1 Å². The monoisotopic (exact) mass is 994 g/mol. The summed E-state index contributed by atoms with van der Waals surface area (Å²) in [6, 6.07) is 50.9. The van der Waals surface area contributed by atoms with Crippen LogP contribution in [-0.4, -0.2) is 9.55 Å². The molecule has 0 unspecified atom stereocenters. The van der Waals surface area contributed by atoms with Gasteiger partial charge in [0.2, 0.25) is 0 Å². The fourth-order valence-corrected chi connectivity index (χ4v) is 8.43. The van der Waals surface area contributed by atoms with Crippen LogP contribution in [-0.2, 0) is 37.3 Å². The molecule has 2 aromatic heterocycles. The molecule has 0 aliphatic carbocycles. The quantitative estimate of drug-likeness (QED) is 0.155. The van der Waals surface area contributed by atoms with E-state index in [1.54, 1.807) is 0 Å². The number of fused-ring (bicyclic) bond motifs is 4. The predicted octanol–water partition coefficient (Wildman–Crippen LogP) is 15.2. The molecule has 0 spiro atoms. The molecule has 6 heteroatoms. The number of pyridine rings is 1. The fraction of sp³-hybridized carbons (Fsp3) is 0.250. The molecule has 0 amide bonds. The van der Waals surface area contributed by atoms with Crippen molar-refractivity contribution >= 4 is 44.6 Å². The van der Waals surface area contributed by atoms with Crippen molar-refractivity contribution in [1.29, 1.82) is 0 Å². The van der Waals surface area contributed by atoms with Gasteiger partial charge >= 0.3 is 0 Å². The van der Waals surface area contributed by atoms with Gasteiger partial charge < -0.3 is 19.1 Å². The van der Waals surface area contributed by atoms with Crippen LogP contribution in [0.1, 0.15) is 90.1 Å². The number of anilines is 4. The third kappa shape index (κ3) is 8.20. The van der Waals surface area contributed by atoms with Crippen LogP contribution in [0.15, 0.2) is 128 Å². The summed E-state index contributed by atoms with van der Waals surface area (Å²) in [6.07, 6.45) is 1.91. The first kappa shape index (κ1) is 43.0. The van der Waals surface area contributed by atoms with E-state index < -0.39 is 0 Å². The summed E-state index contributed by atoms with van der Waals surface area (Å²) >= 11 is 0. The zero-order valence-corrected chi connectivity index (χ0v) is 40.0. The fourth-order valence-electron chi connectivity index (χ4n) is 8.43. The Balaban J connectivity index is 0.00000529. The maximum atomic E-state index is 6.68. The standard InChI is InChI=1S/C56H55N4O.Pt/c1-36-25-37(2)27-39(26-36)38-19-22-49-48(28-38)47-21-20-46(34-52(47)60(49)53-32-40(23-24-57-53)54(3,4)5)61-45-16-14-15-43(33-45)58-35-59(51-18-13-12-17-50(51)58)44-30-41(55(6,7)8)29-42(31-44)56(9,10)11;/h12-32,35H,1-11H3;/q-3;. The molecule has 0 bridgehead atoms. The normalized spacial score (nSPS) is 13.1. The molecule has 0 saturated heterocycles. The molecule has 8 aromatic rings. The van der Waals surface area contributed by atoms with Crippen molar-refractivity contribution in [2.24, 2.45) is 0 Å². The van der Waals surface area contributed by atoms with E-state index >= 15 is 0 Å². The molecule has 6 aromatic carbocycles. The minimum absolute atomic E-state index is 0. The summed E-state index contributed by atoms with van der Waals surface area (Å²) in [4.78, 5) is 9.44. The predicted molar refractivity (Wildman–Crippen MR) is 255 cm³/mol. The molecule has 62 heavy (non-hydrogen) atoms. The summed E-state index contributed by atoms with van der Waals surface area (Å²) < 4.78 is 8.90. The van der Waals surface area contributed by atoms with Crippen LogP contribution in [0.4, 0.5) is 22.7 Å². The molecule has 3 heterocycles. The SMILES string of the molecule is Cc1cc(C)cc(-c2ccc3c(c2)c2ccc(Oc4[c-]c(N5[CH-]N(c6cc(C(C)(C)C)cc(C(C)(C)C)c6)c6ccccc65)ccc4)[c-]c2n3-c2cc(C(C)(C)C)ccn2)c1.[Pt]. The van der Waals surface area contributed by atoms with E-state index in [-0.39, 0.29) is 37.3 Å². The van der Waals surface area contributed by atoms with Gasteiger partial charge in [0, 0.05) is 61.3 Å². The first-order chi connectivity index (χ1) is 28.9. The Kier molecular flexibility index (Phi) is 11.0. The largest absolute Gasteiger partial charge is 0.509 e. The van der Waals surface area contributed by atoms with Gasteiger partial charge in [0.05, 0.1) is 0 Å². The minimum Gasteiger partial charge on any atom is -0.509 e. The van der Waals surface area contributed by atoms with E-state index in [9.17, 15) is 0 Å². The molecule has 0 fully saturated rings. The van der Waals surface area contributed by atoms with Crippen LogP contribution in [0, 0.1) is 32.6 Å². The number of aryl methyl sites for hydroxylation is 2. The van der Waals surface area contributed by atoms with Gasteiger partial charge in [-0.25, -0.2) is 4.98 Å². The van der Waals surface area contributed by atoms with Gasteiger partial charge in [-0.05, 0) is 106 Å². The first-order valence-corrected chi connectivity index (χ1v) is 21.4. The van der Waals surface area contributed by atoms with Gasteiger partial charge in [-0.1, -0.05) is 127 Å². The van der Waals surface area contributed by atoms with Crippen LogP contribution in [0.5, 0.6) is 11.5 Å². The van der Waals surface area contributed by atoms with E-state index in [0.29, 0.717) is 11.5 Å². The molecule has 1 aliphatic heterocycles. The number of benzene rings is 6. The van der Waals surface area contributed by atoms with Gasteiger partial charge in [-0.3, -0.25) is 0 Å². The average molecular weight is 995 g/mol. The molecular weight excluding hydrogens is 940 g/mol. The van der Waals surface area contributed by atoms with Gasteiger partial charge in [0.1, 0.15) is 5.82 Å². The number of ether oxygens (including phenoxy) is 1. The Morgan fingerprint density at radius 2 is 1.19 bits per heavy atom.